The highest BCUT2D eigenvalue weighted by atomic mass is 32.1. The lowest BCUT2D eigenvalue weighted by molar-refractivity contribution is 0.500. The zero-order valence-corrected chi connectivity index (χ0v) is 8.49. The zero-order valence-electron chi connectivity index (χ0n) is 7.60. The van der Waals surface area contributed by atoms with Crippen LogP contribution in [0.2, 0.25) is 0 Å². The van der Waals surface area contributed by atoms with Gasteiger partial charge in [-0.05, 0) is 18.6 Å². The van der Waals surface area contributed by atoms with Crippen molar-refractivity contribution in [3.63, 3.8) is 0 Å². The van der Waals surface area contributed by atoms with Crippen molar-refractivity contribution < 1.29 is 12.9 Å². The van der Waals surface area contributed by atoms with Crippen molar-refractivity contribution in [1.29, 1.82) is 0 Å². The molecule has 0 unspecified atom stereocenters. The average molecular weight is 220 g/mol. The summed E-state index contributed by atoms with van der Waals surface area (Å²) in [6.45, 7) is -3.61. The van der Waals surface area contributed by atoms with Gasteiger partial charge in [0, 0.05) is 11.4 Å². The Balaban J connectivity index is 3.35. The minimum Gasteiger partial charge on any atom is -0.445 e. The Morgan fingerprint density at radius 2 is 1.93 bits per heavy atom. The lowest BCUT2D eigenvalue weighted by Crippen LogP contribution is -2.37. The van der Waals surface area contributed by atoms with Gasteiger partial charge in [0.25, 0.3) is 0 Å². The van der Waals surface area contributed by atoms with Crippen LogP contribution in [0.25, 0.3) is 0 Å². The van der Waals surface area contributed by atoms with Crippen molar-refractivity contribution >= 4 is 30.8 Å². The number of nitrogens with two attached hydrogens (primary N) is 1. The van der Waals surface area contributed by atoms with E-state index in [0.717, 1.165) is 6.07 Å². The van der Waals surface area contributed by atoms with Gasteiger partial charge in [0.2, 0.25) is 0 Å². The largest absolute Gasteiger partial charge is 0.509 e. The van der Waals surface area contributed by atoms with Gasteiger partial charge in [0.05, 0.1) is 0 Å². The van der Waals surface area contributed by atoms with Gasteiger partial charge >= 0.3 is 6.98 Å². The standard InChI is InChI=1S/C8H10BF3NS/c1-5-7(9(10,11)12)2-6(4-14)3-8(5)13/h2-3,14H,4,13H2,1H3/q-1. The van der Waals surface area contributed by atoms with Gasteiger partial charge in [0.15, 0.2) is 0 Å². The molecule has 0 radical (unpaired) electrons. The SMILES string of the molecule is Cc1c(N)cc(CS)cc1[B-](F)(F)F. The first-order chi connectivity index (χ1) is 6.36. The highest BCUT2D eigenvalue weighted by Gasteiger charge is 2.28. The third-order valence-corrected chi connectivity index (χ3v) is 2.45. The molecular formula is C8H10BF3NS-. The molecule has 0 amide bonds. The predicted octanol–water partition coefficient (Wildman–Crippen LogP) is 2.06. The van der Waals surface area contributed by atoms with Crippen LogP contribution < -0.4 is 11.2 Å². The van der Waals surface area contributed by atoms with Gasteiger partial charge in [-0.15, -0.1) is 5.46 Å². The fourth-order valence-electron chi connectivity index (χ4n) is 1.26. The van der Waals surface area contributed by atoms with E-state index in [9.17, 15) is 12.9 Å². The van der Waals surface area contributed by atoms with Crippen molar-refractivity contribution in [2.75, 3.05) is 5.73 Å². The lowest BCUT2D eigenvalue weighted by Gasteiger charge is -2.20. The molecule has 0 atom stereocenters. The van der Waals surface area contributed by atoms with Crippen LogP contribution in [-0.4, -0.2) is 6.98 Å². The number of anilines is 1. The van der Waals surface area contributed by atoms with E-state index in [2.05, 4.69) is 12.6 Å². The summed E-state index contributed by atoms with van der Waals surface area (Å²) in [5.41, 5.74) is 5.62. The quantitative estimate of drug-likeness (QED) is 0.445. The molecule has 1 rings (SSSR count). The van der Waals surface area contributed by atoms with E-state index in [1.54, 1.807) is 0 Å². The Labute approximate surface area is 86.0 Å². The first-order valence-electron chi connectivity index (χ1n) is 4.06. The summed E-state index contributed by atoms with van der Waals surface area (Å²) in [5.74, 6) is 0.254. The first-order valence-corrected chi connectivity index (χ1v) is 4.69. The van der Waals surface area contributed by atoms with Gasteiger partial charge < -0.3 is 18.7 Å². The highest BCUT2D eigenvalue weighted by Crippen LogP contribution is 2.19. The number of hydrogen-bond donors (Lipinski definition) is 2. The van der Waals surface area contributed by atoms with Crippen LogP contribution in [0, 0.1) is 6.92 Å². The number of benzene rings is 1. The Bertz CT molecular complexity index is 351. The second kappa shape index (κ2) is 3.77. The van der Waals surface area contributed by atoms with E-state index in [4.69, 9.17) is 5.73 Å². The summed E-state index contributed by atoms with van der Waals surface area (Å²) in [6.07, 6.45) is 0. The smallest absolute Gasteiger partial charge is 0.445 e. The molecule has 0 heterocycles. The Morgan fingerprint density at radius 1 is 1.36 bits per heavy atom. The summed E-state index contributed by atoms with van der Waals surface area (Å²) in [5, 5.41) is 0. The molecule has 0 saturated heterocycles. The van der Waals surface area contributed by atoms with Crippen molar-refractivity contribution in [3.05, 3.63) is 23.3 Å². The topological polar surface area (TPSA) is 26.0 Å². The third kappa shape index (κ3) is 2.18. The molecule has 0 fully saturated rings. The lowest BCUT2D eigenvalue weighted by atomic mass is 9.76. The molecule has 0 aliphatic heterocycles. The van der Waals surface area contributed by atoms with E-state index in [1.165, 1.54) is 13.0 Å². The molecule has 14 heavy (non-hydrogen) atoms. The fourth-order valence-corrected chi connectivity index (χ4v) is 1.44. The molecular weight excluding hydrogens is 210 g/mol. The maximum Gasteiger partial charge on any atom is 0.509 e. The van der Waals surface area contributed by atoms with Gasteiger partial charge in [0.1, 0.15) is 0 Å². The first kappa shape index (κ1) is 11.3. The molecule has 2 N–H and O–H groups in total. The Kier molecular flexibility index (Phi) is 3.04. The number of hydrogen-bond acceptors (Lipinski definition) is 2. The molecule has 1 aromatic rings. The second-order valence-corrected chi connectivity index (χ2v) is 3.45. The van der Waals surface area contributed by atoms with Crippen molar-refractivity contribution in [3.8, 4) is 0 Å². The van der Waals surface area contributed by atoms with E-state index in [-0.39, 0.29) is 17.0 Å². The molecule has 0 aromatic heterocycles. The van der Waals surface area contributed by atoms with Crippen molar-refractivity contribution in [2.45, 2.75) is 12.7 Å². The van der Waals surface area contributed by atoms with Crippen molar-refractivity contribution in [2.24, 2.45) is 0 Å². The molecule has 0 bridgehead atoms. The maximum atomic E-state index is 12.5. The number of thiol groups is 1. The van der Waals surface area contributed by atoms with Crippen LogP contribution in [0.15, 0.2) is 12.1 Å². The molecule has 78 valence electrons. The Hall–Kier alpha value is -0.775. The highest BCUT2D eigenvalue weighted by molar-refractivity contribution is 7.79. The molecule has 0 aliphatic carbocycles. The average Bonchev–Trinajstić information content (AvgIpc) is 2.07. The van der Waals surface area contributed by atoms with Gasteiger partial charge in [-0.2, -0.15) is 12.6 Å². The van der Waals surface area contributed by atoms with Crippen LogP contribution >= 0.6 is 12.6 Å². The third-order valence-electron chi connectivity index (χ3n) is 2.08. The second-order valence-electron chi connectivity index (χ2n) is 3.13. The zero-order chi connectivity index (χ0) is 10.9. The molecule has 1 nitrogen and oxygen atoms in total. The predicted molar refractivity (Wildman–Crippen MR) is 57.0 cm³/mol. The van der Waals surface area contributed by atoms with Crippen LogP contribution in [-0.2, 0) is 5.75 Å². The maximum absolute atomic E-state index is 12.5. The molecule has 1 aromatic carbocycles. The minimum atomic E-state index is -4.99. The van der Waals surface area contributed by atoms with Crippen LogP contribution in [0.4, 0.5) is 18.6 Å². The fraction of sp³-hybridized carbons (Fsp3) is 0.250. The minimum absolute atomic E-state index is 0.100. The summed E-state index contributed by atoms with van der Waals surface area (Å²) in [7, 11) is 0. The van der Waals surface area contributed by atoms with E-state index >= 15 is 0 Å². The normalized spacial score (nSPS) is 11.8. The van der Waals surface area contributed by atoms with E-state index in [0.29, 0.717) is 5.56 Å². The van der Waals surface area contributed by atoms with Crippen LogP contribution in [0.3, 0.4) is 0 Å². The van der Waals surface area contributed by atoms with E-state index in [1.807, 2.05) is 0 Å². The molecule has 0 spiro atoms. The van der Waals surface area contributed by atoms with Gasteiger partial charge in [-0.1, -0.05) is 11.6 Å². The number of halogens is 3. The summed E-state index contributed by atoms with van der Waals surface area (Å²) >= 11 is 3.92. The summed E-state index contributed by atoms with van der Waals surface area (Å²) in [4.78, 5) is 0. The van der Waals surface area contributed by atoms with Crippen LogP contribution in [0.5, 0.6) is 0 Å². The van der Waals surface area contributed by atoms with Crippen LogP contribution in [0.1, 0.15) is 11.1 Å². The molecule has 6 heteroatoms. The number of rotatable bonds is 2. The summed E-state index contributed by atoms with van der Waals surface area (Å²) in [6, 6.07) is 2.63. The molecule has 0 aliphatic rings. The number of nitrogen functional groups attached to an aromatic ring is 1. The van der Waals surface area contributed by atoms with E-state index < -0.39 is 12.4 Å². The van der Waals surface area contributed by atoms with Gasteiger partial charge in [-0.25, -0.2) is 0 Å². The Morgan fingerprint density at radius 3 is 2.36 bits per heavy atom. The van der Waals surface area contributed by atoms with Gasteiger partial charge in [-0.3, -0.25) is 0 Å². The monoisotopic (exact) mass is 220 g/mol. The molecule has 0 saturated carbocycles. The summed E-state index contributed by atoms with van der Waals surface area (Å²) < 4.78 is 37.6. The van der Waals surface area contributed by atoms with Crippen molar-refractivity contribution in [1.82, 2.24) is 0 Å².